The SMILES string of the molecule is CNC(=O)c1ncc(-c2nn(-c3ccccc3)c(NC(=O)N[C@@H]3CN(CCOC)O[C@H]3c3ccnc(F)c3)c2C)cc1C. The standard InChI is InChI=1S/C30H33FN8O4/c1-18-14-21(16-34-25(18)29(40)32-3)26-19(2)28(39(37-26)22-8-6-5-7-9-22)36-30(41)35-23-17-38(12-13-42-4)43-27(23)20-10-11-33-24(31)15-20/h5-11,14-16,23,27H,12-13,17H2,1-4H3,(H,32,40)(H2,35,36,41)/t23-,27+/m1/s1. The van der Waals surface area contributed by atoms with Gasteiger partial charge in [0.05, 0.1) is 24.0 Å². The van der Waals surface area contributed by atoms with Crippen molar-refractivity contribution in [2.45, 2.75) is 26.0 Å². The Morgan fingerprint density at radius 1 is 1.14 bits per heavy atom. The maximum atomic E-state index is 14.0. The van der Waals surface area contributed by atoms with Crippen LogP contribution in [0.1, 0.15) is 33.3 Å². The molecule has 0 bridgehead atoms. The number of aromatic nitrogens is 4. The molecule has 4 aromatic rings. The van der Waals surface area contributed by atoms with Crippen molar-refractivity contribution < 1.29 is 23.6 Å². The van der Waals surface area contributed by atoms with Gasteiger partial charge in [-0.2, -0.15) is 14.6 Å². The van der Waals surface area contributed by atoms with E-state index in [0.29, 0.717) is 59.2 Å². The summed E-state index contributed by atoms with van der Waals surface area (Å²) in [4.78, 5) is 39.7. The van der Waals surface area contributed by atoms with Crippen LogP contribution < -0.4 is 16.0 Å². The van der Waals surface area contributed by atoms with E-state index in [4.69, 9.17) is 14.7 Å². The molecule has 1 saturated heterocycles. The van der Waals surface area contributed by atoms with Crippen molar-refractivity contribution in [1.82, 2.24) is 35.4 Å². The minimum absolute atomic E-state index is 0.279. The summed E-state index contributed by atoms with van der Waals surface area (Å²) in [6.07, 6.45) is 2.32. The summed E-state index contributed by atoms with van der Waals surface area (Å²) in [6.45, 7) is 4.91. The second kappa shape index (κ2) is 13.1. The highest BCUT2D eigenvalue weighted by Gasteiger charge is 2.37. The second-order valence-electron chi connectivity index (χ2n) is 10.1. The third-order valence-corrected chi connectivity index (χ3v) is 7.12. The Balaban J connectivity index is 1.44. The van der Waals surface area contributed by atoms with Crippen LogP contribution in [0.25, 0.3) is 16.9 Å². The molecule has 0 aliphatic carbocycles. The number of hydrogen-bond donors (Lipinski definition) is 3. The van der Waals surface area contributed by atoms with Gasteiger partial charge in [0.15, 0.2) is 0 Å². The summed E-state index contributed by atoms with van der Waals surface area (Å²) in [5, 5.41) is 15.1. The number of nitrogens with zero attached hydrogens (tertiary/aromatic N) is 5. The van der Waals surface area contributed by atoms with Crippen molar-refractivity contribution in [3.8, 4) is 16.9 Å². The average Bonchev–Trinajstić information content (AvgIpc) is 3.56. The number of carbonyl (C=O) groups excluding carboxylic acids is 2. The van der Waals surface area contributed by atoms with Crippen LogP contribution in [0, 0.1) is 19.8 Å². The van der Waals surface area contributed by atoms with Crippen LogP contribution in [0.4, 0.5) is 15.0 Å². The van der Waals surface area contributed by atoms with E-state index in [-0.39, 0.29) is 5.91 Å². The molecule has 1 aliphatic rings. The van der Waals surface area contributed by atoms with Crippen molar-refractivity contribution in [1.29, 1.82) is 0 Å². The summed E-state index contributed by atoms with van der Waals surface area (Å²) in [5.74, 6) is -0.463. The predicted molar refractivity (Wildman–Crippen MR) is 157 cm³/mol. The zero-order valence-electron chi connectivity index (χ0n) is 24.3. The van der Waals surface area contributed by atoms with Crippen LogP contribution in [0.3, 0.4) is 0 Å². The molecule has 0 radical (unpaired) electrons. The molecule has 3 N–H and O–H groups in total. The van der Waals surface area contributed by atoms with Crippen LogP contribution in [0.5, 0.6) is 0 Å². The van der Waals surface area contributed by atoms with Gasteiger partial charge in [0.25, 0.3) is 5.91 Å². The predicted octanol–water partition coefficient (Wildman–Crippen LogP) is 3.57. The lowest BCUT2D eigenvalue weighted by atomic mass is 10.0. The molecule has 1 fully saturated rings. The molecular weight excluding hydrogens is 555 g/mol. The summed E-state index contributed by atoms with van der Waals surface area (Å²) >= 11 is 0. The molecule has 43 heavy (non-hydrogen) atoms. The monoisotopic (exact) mass is 588 g/mol. The number of benzene rings is 1. The Kier molecular flexibility index (Phi) is 9.04. The zero-order chi connectivity index (χ0) is 30.5. The number of amides is 3. The number of aryl methyl sites for hydroxylation is 1. The number of pyridine rings is 2. The van der Waals surface area contributed by atoms with Gasteiger partial charge in [0.2, 0.25) is 5.95 Å². The van der Waals surface area contributed by atoms with Crippen LogP contribution in [0.2, 0.25) is 0 Å². The number of hydrogen-bond acceptors (Lipinski definition) is 8. The van der Waals surface area contributed by atoms with Crippen molar-refractivity contribution in [3.05, 3.63) is 89.3 Å². The molecule has 1 aliphatic heterocycles. The topological polar surface area (TPSA) is 136 Å². The van der Waals surface area contributed by atoms with Gasteiger partial charge in [-0.05, 0) is 55.3 Å². The van der Waals surface area contributed by atoms with Crippen LogP contribution in [-0.2, 0) is 9.57 Å². The van der Waals surface area contributed by atoms with Gasteiger partial charge in [0, 0.05) is 50.8 Å². The van der Waals surface area contributed by atoms with E-state index in [1.165, 1.54) is 12.3 Å². The first-order valence-electron chi connectivity index (χ1n) is 13.7. The maximum Gasteiger partial charge on any atom is 0.320 e. The third-order valence-electron chi connectivity index (χ3n) is 7.12. The molecule has 3 amide bonds. The van der Waals surface area contributed by atoms with E-state index in [9.17, 15) is 14.0 Å². The lowest BCUT2D eigenvalue weighted by molar-refractivity contribution is -0.154. The quantitative estimate of drug-likeness (QED) is 0.253. The Labute approximate surface area is 248 Å². The summed E-state index contributed by atoms with van der Waals surface area (Å²) in [6, 6.07) is 13.2. The largest absolute Gasteiger partial charge is 0.383 e. The van der Waals surface area contributed by atoms with Gasteiger partial charge in [-0.1, -0.05) is 18.2 Å². The number of ether oxygens (including phenoxy) is 1. The number of para-hydroxylation sites is 1. The van der Waals surface area contributed by atoms with Gasteiger partial charge in [-0.15, -0.1) is 0 Å². The second-order valence-corrected chi connectivity index (χ2v) is 10.1. The van der Waals surface area contributed by atoms with E-state index in [2.05, 4.69) is 25.9 Å². The first-order chi connectivity index (χ1) is 20.8. The number of methoxy groups -OCH3 is 1. The number of rotatable bonds is 9. The Morgan fingerprint density at radius 2 is 1.93 bits per heavy atom. The Morgan fingerprint density at radius 3 is 2.63 bits per heavy atom. The number of hydroxylamine groups is 2. The minimum atomic E-state index is -0.636. The lowest BCUT2D eigenvalue weighted by Crippen LogP contribution is -2.42. The number of anilines is 1. The van der Waals surface area contributed by atoms with Crippen molar-refractivity contribution >= 4 is 17.8 Å². The fourth-order valence-corrected chi connectivity index (χ4v) is 4.98. The molecular formula is C30H33FN8O4. The first kappa shape index (κ1) is 29.8. The molecule has 2 atom stereocenters. The Hall–Kier alpha value is -4.72. The van der Waals surface area contributed by atoms with Gasteiger partial charge in [-0.25, -0.2) is 14.5 Å². The molecule has 5 rings (SSSR count). The van der Waals surface area contributed by atoms with Gasteiger partial charge < -0.3 is 15.4 Å². The van der Waals surface area contributed by atoms with E-state index >= 15 is 0 Å². The smallest absolute Gasteiger partial charge is 0.320 e. The average molecular weight is 589 g/mol. The molecule has 0 spiro atoms. The lowest BCUT2D eigenvalue weighted by Gasteiger charge is -2.19. The molecule has 0 saturated carbocycles. The highest BCUT2D eigenvalue weighted by Crippen LogP contribution is 2.32. The van der Waals surface area contributed by atoms with Gasteiger partial charge in [0.1, 0.15) is 17.6 Å². The third kappa shape index (κ3) is 6.53. The normalized spacial score (nSPS) is 16.7. The van der Waals surface area contributed by atoms with Crippen molar-refractivity contribution in [3.63, 3.8) is 0 Å². The fourth-order valence-electron chi connectivity index (χ4n) is 4.98. The fraction of sp³-hybridized carbons (Fsp3) is 0.300. The molecule has 13 heteroatoms. The molecule has 12 nitrogen and oxygen atoms in total. The first-order valence-corrected chi connectivity index (χ1v) is 13.7. The van der Waals surface area contributed by atoms with E-state index < -0.39 is 24.1 Å². The van der Waals surface area contributed by atoms with E-state index in [1.54, 1.807) is 36.2 Å². The van der Waals surface area contributed by atoms with Gasteiger partial charge >= 0.3 is 6.03 Å². The molecule has 224 valence electrons. The minimum Gasteiger partial charge on any atom is -0.383 e. The van der Waals surface area contributed by atoms with Crippen LogP contribution >= 0.6 is 0 Å². The van der Waals surface area contributed by atoms with Gasteiger partial charge in [-0.3, -0.25) is 19.9 Å². The maximum absolute atomic E-state index is 14.0. The Bertz CT molecular complexity index is 1610. The number of carbonyl (C=O) groups is 2. The summed E-state index contributed by atoms with van der Waals surface area (Å²) in [7, 11) is 3.15. The zero-order valence-corrected chi connectivity index (χ0v) is 24.3. The molecule has 4 heterocycles. The number of urea groups is 1. The number of halogens is 1. The number of nitrogens with one attached hydrogen (secondary N) is 3. The molecule has 0 unspecified atom stereocenters. The van der Waals surface area contributed by atoms with E-state index in [0.717, 1.165) is 5.69 Å². The van der Waals surface area contributed by atoms with E-state index in [1.807, 2.05) is 50.2 Å². The summed E-state index contributed by atoms with van der Waals surface area (Å²) < 4.78 is 20.8. The van der Waals surface area contributed by atoms with Crippen LogP contribution in [-0.4, -0.2) is 76.6 Å². The van der Waals surface area contributed by atoms with Crippen LogP contribution in [0.15, 0.2) is 60.9 Å². The van der Waals surface area contributed by atoms with Crippen molar-refractivity contribution in [2.75, 3.05) is 39.2 Å². The molecule has 1 aromatic carbocycles. The highest BCUT2D eigenvalue weighted by atomic mass is 19.1. The molecule has 3 aromatic heterocycles. The van der Waals surface area contributed by atoms with Crippen molar-refractivity contribution in [2.24, 2.45) is 0 Å². The summed E-state index contributed by atoms with van der Waals surface area (Å²) in [5.41, 5.74) is 4.29. The highest BCUT2D eigenvalue weighted by molar-refractivity contribution is 5.94.